The number of rotatable bonds is 4. The van der Waals surface area contributed by atoms with Crippen LogP contribution in [0, 0.1) is 5.92 Å². The fourth-order valence-electron chi connectivity index (χ4n) is 3.10. The molecule has 0 radical (unpaired) electrons. The van der Waals surface area contributed by atoms with Gasteiger partial charge in [0.05, 0.1) is 0 Å². The lowest BCUT2D eigenvalue weighted by atomic mass is 9.73. The predicted octanol–water partition coefficient (Wildman–Crippen LogP) is 3.19. The Bertz CT molecular complexity index is 395. The van der Waals surface area contributed by atoms with Gasteiger partial charge in [-0.3, -0.25) is 0 Å². The van der Waals surface area contributed by atoms with Crippen LogP contribution in [-0.2, 0) is 15.1 Å². The summed E-state index contributed by atoms with van der Waals surface area (Å²) in [7, 11) is 1.51. The third-order valence-corrected chi connectivity index (χ3v) is 4.02. The third kappa shape index (κ3) is 2.15. The van der Waals surface area contributed by atoms with Crippen molar-refractivity contribution >= 4 is 5.97 Å². The molecule has 0 heterocycles. The van der Waals surface area contributed by atoms with E-state index in [4.69, 9.17) is 4.74 Å². The van der Waals surface area contributed by atoms with Gasteiger partial charge in [0, 0.05) is 13.0 Å². The molecule has 1 atom stereocenters. The summed E-state index contributed by atoms with van der Waals surface area (Å²) in [6.07, 6.45) is 5.24. The summed E-state index contributed by atoms with van der Waals surface area (Å²) < 4.78 is 5.53. The Morgan fingerprint density at radius 1 is 1.22 bits per heavy atom. The van der Waals surface area contributed by atoms with E-state index in [0.717, 1.165) is 31.2 Å². The zero-order valence-electron chi connectivity index (χ0n) is 10.8. The molecule has 1 aliphatic carbocycles. The van der Waals surface area contributed by atoms with Crippen molar-refractivity contribution in [1.29, 1.82) is 0 Å². The molecule has 1 fully saturated rings. The molecule has 3 nitrogen and oxygen atoms in total. The molecule has 1 N–H and O–H groups in total. The fraction of sp³-hybridized carbons (Fsp3) is 0.533. The Balaban J connectivity index is 2.42. The van der Waals surface area contributed by atoms with Crippen LogP contribution in [0.3, 0.4) is 0 Å². The van der Waals surface area contributed by atoms with Gasteiger partial charge in [-0.25, -0.2) is 4.79 Å². The number of carboxylic acids is 1. The van der Waals surface area contributed by atoms with Gasteiger partial charge in [-0.15, -0.1) is 0 Å². The van der Waals surface area contributed by atoms with Crippen LogP contribution in [-0.4, -0.2) is 18.2 Å². The molecule has 0 aliphatic heterocycles. The van der Waals surface area contributed by atoms with Gasteiger partial charge in [-0.2, -0.15) is 0 Å². The monoisotopic (exact) mass is 248 g/mol. The number of benzene rings is 1. The predicted molar refractivity (Wildman–Crippen MR) is 69.3 cm³/mol. The van der Waals surface area contributed by atoms with E-state index in [0.29, 0.717) is 0 Å². The van der Waals surface area contributed by atoms with Gasteiger partial charge < -0.3 is 9.84 Å². The van der Waals surface area contributed by atoms with E-state index in [1.165, 1.54) is 13.5 Å². The number of carbonyl (C=O) groups is 1. The van der Waals surface area contributed by atoms with Crippen LogP contribution >= 0.6 is 0 Å². The number of carboxylic acid groups (broad SMARTS) is 1. The molecular formula is C15H20O3. The molecule has 0 unspecified atom stereocenters. The smallest absolute Gasteiger partial charge is 0.340 e. The van der Waals surface area contributed by atoms with Crippen LogP contribution in [0.1, 0.15) is 37.7 Å². The summed E-state index contributed by atoms with van der Waals surface area (Å²) in [4.78, 5) is 11.8. The summed E-state index contributed by atoms with van der Waals surface area (Å²) in [6.45, 7) is 0. The van der Waals surface area contributed by atoms with E-state index in [2.05, 4.69) is 0 Å². The first-order chi connectivity index (χ1) is 8.71. The van der Waals surface area contributed by atoms with E-state index < -0.39 is 11.6 Å². The summed E-state index contributed by atoms with van der Waals surface area (Å²) in [6, 6.07) is 9.34. The van der Waals surface area contributed by atoms with Crippen LogP contribution < -0.4 is 0 Å². The van der Waals surface area contributed by atoms with Crippen LogP contribution in [0.15, 0.2) is 30.3 Å². The SMILES string of the molecule is CO[C@@](C(=O)O)(c1ccccc1)C1CCCCC1. The molecule has 2 rings (SSSR count). The first-order valence-electron chi connectivity index (χ1n) is 6.56. The zero-order valence-corrected chi connectivity index (χ0v) is 10.8. The summed E-state index contributed by atoms with van der Waals surface area (Å²) in [5, 5.41) is 9.70. The highest BCUT2D eigenvalue weighted by Gasteiger charge is 2.47. The van der Waals surface area contributed by atoms with Crippen LogP contribution in [0.25, 0.3) is 0 Å². The third-order valence-electron chi connectivity index (χ3n) is 4.02. The molecule has 0 saturated heterocycles. The van der Waals surface area contributed by atoms with Crippen molar-refractivity contribution in [2.45, 2.75) is 37.7 Å². The van der Waals surface area contributed by atoms with Gasteiger partial charge in [-0.05, 0) is 18.4 Å². The molecule has 1 saturated carbocycles. The quantitative estimate of drug-likeness (QED) is 0.890. The van der Waals surface area contributed by atoms with Gasteiger partial charge in [0.1, 0.15) is 0 Å². The molecule has 1 aromatic carbocycles. The van der Waals surface area contributed by atoms with Crippen LogP contribution in [0.2, 0.25) is 0 Å². The lowest BCUT2D eigenvalue weighted by molar-refractivity contribution is -0.174. The molecule has 1 aliphatic rings. The van der Waals surface area contributed by atoms with Crippen molar-refractivity contribution in [2.24, 2.45) is 5.92 Å². The van der Waals surface area contributed by atoms with Crippen LogP contribution in [0.5, 0.6) is 0 Å². The molecule has 98 valence electrons. The number of aliphatic carboxylic acids is 1. The van der Waals surface area contributed by atoms with Crippen molar-refractivity contribution < 1.29 is 14.6 Å². The Hall–Kier alpha value is -1.35. The first-order valence-corrected chi connectivity index (χ1v) is 6.56. The Morgan fingerprint density at radius 2 is 1.83 bits per heavy atom. The molecule has 0 aromatic heterocycles. The maximum Gasteiger partial charge on any atom is 0.340 e. The van der Waals surface area contributed by atoms with E-state index in [1.54, 1.807) is 0 Å². The van der Waals surface area contributed by atoms with Gasteiger partial charge in [-0.1, -0.05) is 49.6 Å². The Morgan fingerprint density at radius 3 is 2.33 bits per heavy atom. The molecule has 3 heteroatoms. The van der Waals surface area contributed by atoms with E-state index in [1.807, 2.05) is 30.3 Å². The topological polar surface area (TPSA) is 46.5 Å². The standard InChI is InChI=1S/C15H20O3/c1-18-15(14(16)17,12-8-4-2-5-9-12)13-10-6-3-7-11-13/h2,4-5,8-9,13H,3,6-7,10-11H2,1H3,(H,16,17)/t15-/m0/s1. The van der Waals surface area contributed by atoms with Crippen molar-refractivity contribution in [3.63, 3.8) is 0 Å². The molecular weight excluding hydrogens is 228 g/mol. The molecule has 0 spiro atoms. The minimum atomic E-state index is -1.18. The molecule has 18 heavy (non-hydrogen) atoms. The molecule has 0 bridgehead atoms. The molecule has 0 amide bonds. The lowest BCUT2D eigenvalue weighted by Crippen LogP contribution is -2.45. The normalized spacial score (nSPS) is 20.3. The van der Waals surface area contributed by atoms with Crippen LogP contribution in [0.4, 0.5) is 0 Å². The molecule has 1 aromatic rings. The number of ether oxygens (including phenoxy) is 1. The second-order valence-corrected chi connectivity index (χ2v) is 4.95. The maximum atomic E-state index is 11.8. The van der Waals surface area contributed by atoms with Gasteiger partial charge >= 0.3 is 5.97 Å². The minimum Gasteiger partial charge on any atom is -0.479 e. The summed E-state index contributed by atoms with van der Waals surface area (Å²) in [5.74, 6) is -0.806. The van der Waals surface area contributed by atoms with Crippen molar-refractivity contribution in [3.05, 3.63) is 35.9 Å². The van der Waals surface area contributed by atoms with Crippen molar-refractivity contribution in [3.8, 4) is 0 Å². The Labute approximate surface area is 108 Å². The number of hydrogen-bond donors (Lipinski definition) is 1. The van der Waals surface area contributed by atoms with Crippen molar-refractivity contribution in [2.75, 3.05) is 7.11 Å². The first kappa shape index (κ1) is 13.1. The second kappa shape index (κ2) is 5.53. The highest BCUT2D eigenvalue weighted by Crippen LogP contribution is 2.42. The zero-order chi connectivity index (χ0) is 13.0. The van der Waals surface area contributed by atoms with E-state index in [-0.39, 0.29) is 5.92 Å². The minimum absolute atomic E-state index is 0.0659. The van der Waals surface area contributed by atoms with E-state index in [9.17, 15) is 9.90 Å². The van der Waals surface area contributed by atoms with Gasteiger partial charge in [0.15, 0.2) is 5.60 Å². The maximum absolute atomic E-state index is 11.8. The largest absolute Gasteiger partial charge is 0.479 e. The summed E-state index contributed by atoms with van der Waals surface area (Å²) in [5.41, 5.74) is -0.422. The number of methoxy groups -OCH3 is 1. The number of hydrogen-bond acceptors (Lipinski definition) is 2. The fourth-order valence-corrected chi connectivity index (χ4v) is 3.10. The van der Waals surface area contributed by atoms with E-state index >= 15 is 0 Å². The highest BCUT2D eigenvalue weighted by molar-refractivity contribution is 5.80. The second-order valence-electron chi connectivity index (χ2n) is 4.95. The highest BCUT2D eigenvalue weighted by atomic mass is 16.5. The van der Waals surface area contributed by atoms with Gasteiger partial charge in [0.25, 0.3) is 0 Å². The Kier molecular flexibility index (Phi) is 4.02. The average Bonchev–Trinajstić information content (AvgIpc) is 2.42. The van der Waals surface area contributed by atoms with Gasteiger partial charge in [0.2, 0.25) is 0 Å². The van der Waals surface area contributed by atoms with Crippen molar-refractivity contribution in [1.82, 2.24) is 0 Å². The average molecular weight is 248 g/mol. The lowest BCUT2D eigenvalue weighted by Gasteiger charge is -2.38. The summed E-state index contributed by atoms with van der Waals surface area (Å²) >= 11 is 0.